The standard InChI is InChI=1S/C25H33N3O3/c1-19(2)13-16-31-23-11-9-21(10-12-23)26-18-24(29)27-22-8-6-7-20(17-22)25(30)28-14-4-3-5-15-28/h6-12,17,19,26H,3-5,13-16,18H2,1-2H3,(H,27,29). The lowest BCUT2D eigenvalue weighted by atomic mass is 10.1. The zero-order chi connectivity index (χ0) is 22.1. The Hall–Kier alpha value is -3.02. The molecule has 1 aliphatic heterocycles. The minimum atomic E-state index is -0.167. The first-order valence-corrected chi connectivity index (χ1v) is 11.2. The van der Waals surface area contributed by atoms with Crippen LogP contribution in [0.3, 0.4) is 0 Å². The third-order valence-electron chi connectivity index (χ3n) is 5.31. The Bertz CT molecular complexity index is 859. The maximum absolute atomic E-state index is 12.7. The Balaban J connectivity index is 1.47. The first-order valence-electron chi connectivity index (χ1n) is 11.2. The summed E-state index contributed by atoms with van der Waals surface area (Å²) in [5.41, 5.74) is 2.09. The summed E-state index contributed by atoms with van der Waals surface area (Å²) in [6.45, 7) is 6.79. The average Bonchev–Trinajstić information content (AvgIpc) is 2.78. The summed E-state index contributed by atoms with van der Waals surface area (Å²) in [6, 6.07) is 14.7. The van der Waals surface area contributed by atoms with Gasteiger partial charge in [0.25, 0.3) is 5.91 Å². The summed E-state index contributed by atoms with van der Waals surface area (Å²) in [5, 5.41) is 5.98. The van der Waals surface area contributed by atoms with Gasteiger partial charge in [0.2, 0.25) is 5.91 Å². The van der Waals surface area contributed by atoms with Crippen molar-refractivity contribution in [3.8, 4) is 5.75 Å². The van der Waals surface area contributed by atoms with Gasteiger partial charge in [-0.05, 0) is 74.1 Å². The largest absolute Gasteiger partial charge is 0.494 e. The van der Waals surface area contributed by atoms with Gasteiger partial charge < -0.3 is 20.3 Å². The molecule has 2 N–H and O–H groups in total. The molecule has 2 aromatic carbocycles. The predicted molar refractivity (Wildman–Crippen MR) is 125 cm³/mol. The summed E-state index contributed by atoms with van der Waals surface area (Å²) in [7, 11) is 0. The van der Waals surface area contributed by atoms with Crippen LogP contribution in [0.5, 0.6) is 5.75 Å². The minimum Gasteiger partial charge on any atom is -0.494 e. The smallest absolute Gasteiger partial charge is 0.253 e. The molecule has 0 aliphatic carbocycles. The Morgan fingerprint density at radius 3 is 2.45 bits per heavy atom. The third kappa shape index (κ3) is 7.31. The van der Waals surface area contributed by atoms with Gasteiger partial charge in [0.1, 0.15) is 5.75 Å². The van der Waals surface area contributed by atoms with Crippen molar-refractivity contribution in [3.05, 3.63) is 54.1 Å². The number of ether oxygens (including phenoxy) is 1. The maximum atomic E-state index is 12.7. The van der Waals surface area contributed by atoms with E-state index in [2.05, 4.69) is 24.5 Å². The molecule has 0 unspecified atom stereocenters. The summed E-state index contributed by atoms with van der Waals surface area (Å²) >= 11 is 0. The van der Waals surface area contributed by atoms with Crippen molar-refractivity contribution in [2.45, 2.75) is 39.5 Å². The minimum absolute atomic E-state index is 0.0321. The first-order chi connectivity index (χ1) is 15.0. The molecule has 0 spiro atoms. The van der Waals surface area contributed by atoms with Gasteiger partial charge in [-0.1, -0.05) is 19.9 Å². The summed E-state index contributed by atoms with van der Waals surface area (Å²) in [6.07, 6.45) is 4.31. The molecule has 31 heavy (non-hydrogen) atoms. The van der Waals surface area contributed by atoms with Crippen LogP contribution in [0, 0.1) is 5.92 Å². The van der Waals surface area contributed by atoms with E-state index in [1.807, 2.05) is 29.2 Å². The van der Waals surface area contributed by atoms with Crippen LogP contribution < -0.4 is 15.4 Å². The number of hydrogen-bond acceptors (Lipinski definition) is 4. The number of carbonyl (C=O) groups excluding carboxylic acids is 2. The molecule has 0 aromatic heterocycles. The van der Waals surface area contributed by atoms with E-state index in [0.29, 0.717) is 23.8 Å². The van der Waals surface area contributed by atoms with Crippen molar-refractivity contribution in [1.29, 1.82) is 0 Å². The van der Waals surface area contributed by atoms with Gasteiger partial charge in [-0.15, -0.1) is 0 Å². The van der Waals surface area contributed by atoms with E-state index in [1.165, 1.54) is 6.42 Å². The summed E-state index contributed by atoms with van der Waals surface area (Å²) in [4.78, 5) is 26.9. The number of hydrogen-bond donors (Lipinski definition) is 2. The predicted octanol–water partition coefficient (Wildman–Crippen LogP) is 4.79. The van der Waals surface area contributed by atoms with Gasteiger partial charge in [0.05, 0.1) is 13.2 Å². The van der Waals surface area contributed by atoms with Crippen molar-refractivity contribution in [2.75, 3.05) is 36.9 Å². The lowest BCUT2D eigenvalue weighted by Gasteiger charge is -2.26. The summed E-state index contributed by atoms with van der Waals surface area (Å²) in [5.74, 6) is 1.30. The van der Waals surface area contributed by atoms with Crippen molar-refractivity contribution in [2.24, 2.45) is 5.92 Å². The van der Waals surface area contributed by atoms with Crippen LogP contribution in [0.4, 0.5) is 11.4 Å². The number of anilines is 2. The van der Waals surface area contributed by atoms with Crippen molar-refractivity contribution in [3.63, 3.8) is 0 Å². The summed E-state index contributed by atoms with van der Waals surface area (Å²) < 4.78 is 5.71. The lowest BCUT2D eigenvalue weighted by Crippen LogP contribution is -2.35. The molecule has 2 amide bonds. The molecule has 0 radical (unpaired) electrons. The molecular formula is C25H33N3O3. The van der Waals surface area contributed by atoms with E-state index >= 15 is 0 Å². The number of carbonyl (C=O) groups is 2. The van der Waals surface area contributed by atoms with Crippen LogP contribution in [0.25, 0.3) is 0 Å². The molecule has 6 nitrogen and oxygen atoms in total. The van der Waals surface area contributed by atoms with Crippen molar-refractivity contribution in [1.82, 2.24) is 4.90 Å². The van der Waals surface area contributed by atoms with E-state index in [1.54, 1.807) is 24.3 Å². The number of nitrogens with zero attached hydrogens (tertiary/aromatic N) is 1. The maximum Gasteiger partial charge on any atom is 0.253 e. The molecule has 3 rings (SSSR count). The van der Waals surface area contributed by atoms with Gasteiger partial charge in [0, 0.05) is 30.0 Å². The van der Waals surface area contributed by atoms with Crippen LogP contribution in [0.1, 0.15) is 49.9 Å². The van der Waals surface area contributed by atoms with E-state index in [9.17, 15) is 9.59 Å². The molecule has 1 aliphatic rings. The molecule has 1 saturated heterocycles. The van der Waals surface area contributed by atoms with Crippen LogP contribution >= 0.6 is 0 Å². The number of likely N-dealkylation sites (tertiary alicyclic amines) is 1. The molecule has 166 valence electrons. The first kappa shape index (κ1) is 22.7. The van der Waals surface area contributed by atoms with Crippen molar-refractivity contribution < 1.29 is 14.3 Å². The quantitative estimate of drug-likeness (QED) is 0.608. The van der Waals surface area contributed by atoms with Crippen LogP contribution in [0.15, 0.2) is 48.5 Å². The molecular weight excluding hydrogens is 390 g/mol. The number of nitrogens with one attached hydrogen (secondary N) is 2. The molecule has 6 heteroatoms. The molecule has 0 saturated carbocycles. The van der Waals surface area contributed by atoms with E-state index < -0.39 is 0 Å². The van der Waals surface area contributed by atoms with Crippen molar-refractivity contribution >= 4 is 23.2 Å². The van der Waals surface area contributed by atoms with Gasteiger partial charge in [-0.3, -0.25) is 9.59 Å². The second kappa shape index (κ2) is 11.4. The van der Waals surface area contributed by atoms with Gasteiger partial charge in [-0.25, -0.2) is 0 Å². The number of piperidine rings is 1. The Kier molecular flexibility index (Phi) is 8.33. The topological polar surface area (TPSA) is 70.7 Å². The Labute approximate surface area is 185 Å². The fraction of sp³-hybridized carbons (Fsp3) is 0.440. The second-order valence-electron chi connectivity index (χ2n) is 8.39. The number of rotatable bonds is 9. The lowest BCUT2D eigenvalue weighted by molar-refractivity contribution is -0.114. The van der Waals surface area contributed by atoms with Crippen LogP contribution in [-0.2, 0) is 4.79 Å². The zero-order valence-electron chi connectivity index (χ0n) is 18.5. The second-order valence-corrected chi connectivity index (χ2v) is 8.39. The SMILES string of the molecule is CC(C)CCOc1ccc(NCC(=O)Nc2cccc(C(=O)N3CCCCC3)c2)cc1. The fourth-order valence-electron chi connectivity index (χ4n) is 3.48. The number of benzene rings is 2. The molecule has 0 bridgehead atoms. The van der Waals surface area contributed by atoms with E-state index in [0.717, 1.165) is 43.8 Å². The van der Waals surface area contributed by atoms with Crippen LogP contribution in [0.2, 0.25) is 0 Å². The fourth-order valence-corrected chi connectivity index (χ4v) is 3.48. The van der Waals surface area contributed by atoms with Crippen LogP contribution in [-0.4, -0.2) is 43.0 Å². The normalized spacial score (nSPS) is 13.7. The van der Waals surface area contributed by atoms with Gasteiger partial charge >= 0.3 is 0 Å². The highest BCUT2D eigenvalue weighted by Gasteiger charge is 2.18. The monoisotopic (exact) mass is 423 g/mol. The average molecular weight is 424 g/mol. The van der Waals surface area contributed by atoms with Gasteiger partial charge in [0.15, 0.2) is 0 Å². The van der Waals surface area contributed by atoms with E-state index in [-0.39, 0.29) is 18.4 Å². The molecule has 1 heterocycles. The van der Waals surface area contributed by atoms with E-state index in [4.69, 9.17) is 4.74 Å². The highest BCUT2D eigenvalue weighted by molar-refractivity contribution is 5.98. The molecule has 0 atom stereocenters. The zero-order valence-corrected chi connectivity index (χ0v) is 18.5. The Morgan fingerprint density at radius 2 is 1.74 bits per heavy atom. The number of amides is 2. The molecule has 2 aromatic rings. The highest BCUT2D eigenvalue weighted by atomic mass is 16.5. The van der Waals surface area contributed by atoms with Gasteiger partial charge in [-0.2, -0.15) is 0 Å². The molecule has 1 fully saturated rings. The third-order valence-corrected chi connectivity index (χ3v) is 5.31. The highest BCUT2D eigenvalue weighted by Crippen LogP contribution is 2.18. The Morgan fingerprint density at radius 1 is 1.00 bits per heavy atom.